The summed E-state index contributed by atoms with van der Waals surface area (Å²) >= 11 is 0. The van der Waals surface area contributed by atoms with Gasteiger partial charge in [0.25, 0.3) is 5.91 Å². The molecule has 0 aliphatic carbocycles. The lowest BCUT2D eigenvalue weighted by molar-refractivity contribution is -0.112. The molecule has 0 aliphatic rings. The van der Waals surface area contributed by atoms with E-state index in [9.17, 15) is 10.1 Å². The number of nitriles is 1. The van der Waals surface area contributed by atoms with Crippen LogP contribution in [0.3, 0.4) is 0 Å². The summed E-state index contributed by atoms with van der Waals surface area (Å²) < 4.78 is 5.43. The average molecular weight is 329 g/mol. The largest absolute Gasteiger partial charge is 0.390 e. The first-order valence-corrected chi connectivity index (χ1v) is 8.19. The zero-order valence-electron chi connectivity index (χ0n) is 15.2. The number of amides is 1. The van der Waals surface area contributed by atoms with Crippen molar-refractivity contribution < 1.29 is 9.53 Å². The van der Waals surface area contributed by atoms with Crippen molar-refractivity contribution in [1.29, 1.82) is 5.26 Å². The first-order chi connectivity index (χ1) is 11.3. The summed E-state index contributed by atoms with van der Waals surface area (Å²) in [5.74, 6) is -0.404. The van der Waals surface area contributed by atoms with Gasteiger partial charge in [-0.15, -0.1) is 0 Å². The van der Waals surface area contributed by atoms with Crippen LogP contribution in [0.5, 0.6) is 0 Å². The van der Waals surface area contributed by atoms with Crippen LogP contribution in [0.25, 0.3) is 0 Å². The van der Waals surface area contributed by atoms with Crippen LogP contribution in [0.15, 0.2) is 23.9 Å². The van der Waals surface area contributed by atoms with Gasteiger partial charge < -0.3 is 15.4 Å². The average Bonchev–Trinajstić information content (AvgIpc) is 2.49. The van der Waals surface area contributed by atoms with E-state index < -0.39 is 5.91 Å². The molecular formula is C19H27N3O2. The molecule has 24 heavy (non-hydrogen) atoms. The normalized spacial score (nSPS) is 11.3. The summed E-state index contributed by atoms with van der Waals surface area (Å²) in [6.07, 6.45) is 2.48. The van der Waals surface area contributed by atoms with Gasteiger partial charge in [-0.3, -0.25) is 4.79 Å². The fourth-order valence-electron chi connectivity index (χ4n) is 2.37. The Hall–Kier alpha value is -2.32. The number of aryl methyl sites for hydroxylation is 3. The molecule has 0 saturated carbocycles. The van der Waals surface area contributed by atoms with Crippen molar-refractivity contribution in [3.63, 3.8) is 0 Å². The molecule has 0 saturated heterocycles. The lowest BCUT2D eigenvalue weighted by Crippen LogP contribution is -2.19. The minimum atomic E-state index is -0.404. The van der Waals surface area contributed by atoms with Gasteiger partial charge in [-0.25, -0.2) is 0 Å². The minimum absolute atomic E-state index is 0.0548. The Morgan fingerprint density at radius 1 is 1.29 bits per heavy atom. The molecule has 5 nitrogen and oxygen atoms in total. The monoisotopic (exact) mass is 329 g/mol. The second-order valence-electron chi connectivity index (χ2n) is 6.12. The highest BCUT2D eigenvalue weighted by Crippen LogP contribution is 2.22. The molecule has 0 fully saturated rings. The molecule has 1 aromatic rings. The first-order valence-electron chi connectivity index (χ1n) is 8.19. The van der Waals surface area contributed by atoms with Crippen LogP contribution in [0.4, 0.5) is 5.69 Å². The Morgan fingerprint density at radius 2 is 1.92 bits per heavy atom. The van der Waals surface area contributed by atoms with E-state index in [2.05, 4.69) is 10.6 Å². The molecule has 0 spiro atoms. The third-order valence-electron chi connectivity index (χ3n) is 3.44. The highest BCUT2D eigenvalue weighted by molar-refractivity contribution is 6.07. The van der Waals surface area contributed by atoms with Crippen LogP contribution >= 0.6 is 0 Å². The molecule has 0 heterocycles. The third-order valence-corrected chi connectivity index (χ3v) is 3.44. The second kappa shape index (κ2) is 9.74. The van der Waals surface area contributed by atoms with E-state index in [0.29, 0.717) is 13.2 Å². The van der Waals surface area contributed by atoms with Gasteiger partial charge in [0, 0.05) is 25.0 Å². The molecule has 0 unspecified atom stereocenters. The van der Waals surface area contributed by atoms with E-state index in [1.54, 1.807) is 0 Å². The van der Waals surface area contributed by atoms with Crippen molar-refractivity contribution in [2.75, 3.05) is 18.5 Å². The quantitative estimate of drug-likeness (QED) is 0.436. The Morgan fingerprint density at radius 3 is 2.46 bits per heavy atom. The Labute approximate surface area is 144 Å². The zero-order chi connectivity index (χ0) is 18.1. The number of carbonyl (C=O) groups excluding carboxylic acids is 1. The van der Waals surface area contributed by atoms with Crippen LogP contribution in [0, 0.1) is 32.1 Å². The van der Waals surface area contributed by atoms with Crippen molar-refractivity contribution in [2.24, 2.45) is 0 Å². The van der Waals surface area contributed by atoms with E-state index in [1.165, 1.54) is 6.20 Å². The summed E-state index contributed by atoms with van der Waals surface area (Å²) in [7, 11) is 0. The molecule has 1 aromatic carbocycles. The molecule has 0 atom stereocenters. The number of rotatable bonds is 8. The van der Waals surface area contributed by atoms with Gasteiger partial charge in [0.05, 0.1) is 6.10 Å². The maximum absolute atomic E-state index is 12.3. The van der Waals surface area contributed by atoms with Gasteiger partial charge in [-0.05, 0) is 52.2 Å². The summed E-state index contributed by atoms with van der Waals surface area (Å²) in [5.41, 5.74) is 3.93. The van der Waals surface area contributed by atoms with E-state index in [1.807, 2.05) is 52.8 Å². The molecule has 1 amide bonds. The van der Waals surface area contributed by atoms with Crippen molar-refractivity contribution in [3.8, 4) is 6.07 Å². The van der Waals surface area contributed by atoms with Crippen LogP contribution in [0.2, 0.25) is 0 Å². The molecular weight excluding hydrogens is 302 g/mol. The summed E-state index contributed by atoms with van der Waals surface area (Å²) in [6.45, 7) is 11.2. The number of nitrogens with zero attached hydrogens (tertiary/aromatic N) is 1. The van der Waals surface area contributed by atoms with E-state index in [4.69, 9.17) is 4.74 Å². The number of ether oxygens (including phenoxy) is 1. The van der Waals surface area contributed by atoms with Crippen molar-refractivity contribution in [2.45, 2.75) is 47.1 Å². The predicted molar refractivity (Wildman–Crippen MR) is 96.7 cm³/mol. The molecule has 5 heteroatoms. The molecule has 0 aromatic heterocycles. The highest BCUT2D eigenvalue weighted by Gasteiger charge is 2.12. The van der Waals surface area contributed by atoms with Crippen LogP contribution < -0.4 is 10.6 Å². The van der Waals surface area contributed by atoms with Crippen LogP contribution in [-0.2, 0) is 9.53 Å². The smallest absolute Gasteiger partial charge is 0.267 e. The number of benzene rings is 1. The summed E-state index contributed by atoms with van der Waals surface area (Å²) in [6, 6.07) is 5.95. The molecule has 1 rings (SSSR count). The van der Waals surface area contributed by atoms with Crippen LogP contribution in [-0.4, -0.2) is 25.2 Å². The van der Waals surface area contributed by atoms with E-state index in [-0.39, 0.29) is 11.7 Å². The van der Waals surface area contributed by atoms with Crippen molar-refractivity contribution in [1.82, 2.24) is 5.32 Å². The zero-order valence-corrected chi connectivity index (χ0v) is 15.2. The Bertz CT molecular complexity index is 619. The van der Waals surface area contributed by atoms with Gasteiger partial charge in [0.1, 0.15) is 11.6 Å². The predicted octanol–water partition coefficient (Wildman–Crippen LogP) is 3.36. The number of carbonyl (C=O) groups is 1. The van der Waals surface area contributed by atoms with Crippen molar-refractivity contribution >= 4 is 11.6 Å². The molecule has 0 bridgehead atoms. The van der Waals surface area contributed by atoms with Gasteiger partial charge in [-0.2, -0.15) is 5.26 Å². The summed E-state index contributed by atoms with van der Waals surface area (Å²) in [5, 5.41) is 15.0. The van der Waals surface area contributed by atoms with Gasteiger partial charge in [0.15, 0.2) is 0 Å². The maximum atomic E-state index is 12.3. The third kappa shape index (κ3) is 6.43. The number of nitrogens with one attached hydrogen (secondary N) is 2. The highest BCUT2D eigenvalue weighted by atomic mass is 16.5. The topological polar surface area (TPSA) is 74.2 Å². The Balaban J connectivity index is 2.61. The van der Waals surface area contributed by atoms with Gasteiger partial charge in [-0.1, -0.05) is 17.7 Å². The van der Waals surface area contributed by atoms with Crippen LogP contribution in [0.1, 0.15) is 37.0 Å². The first kappa shape index (κ1) is 19.7. The molecule has 0 radical (unpaired) electrons. The maximum Gasteiger partial charge on any atom is 0.267 e. The second-order valence-corrected chi connectivity index (χ2v) is 6.12. The minimum Gasteiger partial charge on any atom is -0.390 e. The van der Waals surface area contributed by atoms with Crippen molar-refractivity contribution in [3.05, 3.63) is 40.6 Å². The van der Waals surface area contributed by atoms with E-state index >= 15 is 0 Å². The van der Waals surface area contributed by atoms with Gasteiger partial charge in [0.2, 0.25) is 0 Å². The van der Waals surface area contributed by atoms with Gasteiger partial charge >= 0.3 is 0 Å². The molecule has 130 valence electrons. The lowest BCUT2D eigenvalue weighted by atomic mass is 10.0. The fraction of sp³-hybridized carbons (Fsp3) is 0.474. The lowest BCUT2D eigenvalue weighted by Gasteiger charge is -2.12. The number of anilines is 1. The number of hydrogen-bond acceptors (Lipinski definition) is 4. The van der Waals surface area contributed by atoms with E-state index in [0.717, 1.165) is 28.8 Å². The summed E-state index contributed by atoms with van der Waals surface area (Å²) in [4.78, 5) is 12.3. The number of hydrogen-bond donors (Lipinski definition) is 2. The molecule has 2 N–H and O–H groups in total. The Kier molecular flexibility index (Phi) is 8.00. The SMILES string of the molecule is Cc1cc(C)c(NC(=O)/C(C#N)=C\NCCCOC(C)C)c(C)c1. The molecule has 0 aliphatic heterocycles. The standard InChI is InChI=1S/C19H27N3O2/c1-13(2)24-8-6-7-21-12-17(11-20)19(23)22-18-15(4)9-14(3)10-16(18)5/h9-10,12-13,21H,6-8H2,1-5H3,(H,22,23)/b17-12-. The fourth-order valence-corrected chi connectivity index (χ4v) is 2.37.